The van der Waals surface area contributed by atoms with Gasteiger partial charge in [0.15, 0.2) is 0 Å². The number of benzene rings is 1. The summed E-state index contributed by atoms with van der Waals surface area (Å²) in [6.45, 7) is 5.35. The van der Waals surface area contributed by atoms with Crippen molar-refractivity contribution in [2.75, 3.05) is 19.6 Å². The van der Waals surface area contributed by atoms with Gasteiger partial charge in [0.25, 0.3) is 0 Å². The predicted molar refractivity (Wildman–Crippen MR) is 96.4 cm³/mol. The van der Waals surface area contributed by atoms with Gasteiger partial charge < -0.3 is 15.5 Å². The second-order valence-corrected chi connectivity index (χ2v) is 7.07. The van der Waals surface area contributed by atoms with E-state index in [4.69, 9.17) is 23.2 Å². The molecule has 5 nitrogen and oxygen atoms in total. The van der Waals surface area contributed by atoms with Crippen LogP contribution in [-0.4, -0.2) is 36.5 Å². The maximum absolute atomic E-state index is 12.5. The lowest BCUT2D eigenvalue weighted by Crippen LogP contribution is -2.48. The summed E-state index contributed by atoms with van der Waals surface area (Å²) >= 11 is 12.2. The van der Waals surface area contributed by atoms with Crippen LogP contribution in [0.2, 0.25) is 10.0 Å². The van der Waals surface area contributed by atoms with E-state index in [0.29, 0.717) is 29.1 Å². The molecule has 2 atom stereocenters. The second-order valence-electron chi connectivity index (χ2n) is 6.23. The first kappa shape index (κ1) is 18.9. The Bertz CT molecular complexity index is 609. The Morgan fingerprint density at radius 1 is 1.38 bits per heavy atom. The third-order valence-corrected chi connectivity index (χ3v) is 4.79. The first-order chi connectivity index (χ1) is 11.4. The van der Waals surface area contributed by atoms with Crippen LogP contribution in [-0.2, 0) is 4.79 Å². The van der Waals surface area contributed by atoms with Crippen LogP contribution in [0.5, 0.6) is 0 Å². The number of nitrogens with one attached hydrogen (secondary N) is 2. The molecule has 1 aliphatic heterocycles. The van der Waals surface area contributed by atoms with Crippen molar-refractivity contribution in [3.05, 3.63) is 33.8 Å². The van der Waals surface area contributed by atoms with Gasteiger partial charge in [-0.25, -0.2) is 4.79 Å². The summed E-state index contributed by atoms with van der Waals surface area (Å²) in [4.78, 5) is 25.3. The zero-order chi connectivity index (χ0) is 17.7. The highest BCUT2D eigenvalue weighted by molar-refractivity contribution is 6.33. The van der Waals surface area contributed by atoms with Gasteiger partial charge in [-0.1, -0.05) is 23.2 Å². The van der Waals surface area contributed by atoms with Gasteiger partial charge in [0.2, 0.25) is 5.91 Å². The summed E-state index contributed by atoms with van der Waals surface area (Å²) in [6.07, 6.45) is 1.95. The van der Waals surface area contributed by atoms with E-state index in [1.165, 1.54) is 6.92 Å². The highest BCUT2D eigenvalue weighted by Gasteiger charge is 2.25. The highest BCUT2D eigenvalue weighted by Crippen LogP contribution is 2.26. The molecule has 24 heavy (non-hydrogen) atoms. The fourth-order valence-electron chi connectivity index (χ4n) is 2.90. The summed E-state index contributed by atoms with van der Waals surface area (Å²) in [5.41, 5.74) is 0.796. The molecule has 1 aromatic rings. The van der Waals surface area contributed by atoms with Crippen molar-refractivity contribution in [3.8, 4) is 0 Å². The van der Waals surface area contributed by atoms with E-state index in [9.17, 15) is 9.59 Å². The van der Waals surface area contributed by atoms with Crippen molar-refractivity contribution in [2.45, 2.75) is 32.7 Å². The molecule has 1 fully saturated rings. The fraction of sp³-hybridized carbons (Fsp3) is 0.529. The standard InChI is InChI=1S/C17H23Cl2N3O2/c1-11(15-8-14(18)5-6-16(15)19)21-17(24)22-7-3-4-13(10-22)9-20-12(2)23/h5-6,8,11,13H,3-4,7,9-10H2,1-2H3,(H,20,23)(H,21,24)/t11-,13?/m0/s1. The number of hydrogen-bond donors (Lipinski definition) is 2. The Hall–Kier alpha value is -1.46. The molecule has 2 N–H and O–H groups in total. The number of urea groups is 1. The number of amides is 3. The van der Waals surface area contributed by atoms with Crippen LogP contribution in [0.1, 0.15) is 38.3 Å². The number of carbonyl (C=O) groups is 2. The van der Waals surface area contributed by atoms with Gasteiger partial charge >= 0.3 is 6.03 Å². The van der Waals surface area contributed by atoms with Crippen LogP contribution in [0.4, 0.5) is 4.79 Å². The molecule has 132 valence electrons. The van der Waals surface area contributed by atoms with Crippen LogP contribution in [0, 0.1) is 5.92 Å². The molecule has 0 spiro atoms. The number of nitrogens with zero attached hydrogens (tertiary/aromatic N) is 1. The Morgan fingerprint density at radius 3 is 2.83 bits per heavy atom. The molecule has 7 heteroatoms. The molecule has 0 radical (unpaired) electrons. The summed E-state index contributed by atoms with van der Waals surface area (Å²) < 4.78 is 0. The minimum atomic E-state index is -0.237. The minimum absolute atomic E-state index is 0.0409. The van der Waals surface area contributed by atoms with E-state index < -0.39 is 0 Å². The lowest BCUT2D eigenvalue weighted by molar-refractivity contribution is -0.119. The quantitative estimate of drug-likeness (QED) is 0.848. The zero-order valence-corrected chi connectivity index (χ0v) is 15.5. The van der Waals surface area contributed by atoms with E-state index >= 15 is 0 Å². The summed E-state index contributed by atoms with van der Waals surface area (Å²) in [5.74, 6) is 0.249. The van der Waals surface area contributed by atoms with Gasteiger partial charge in [-0.05, 0) is 49.4 Å². The smallest absolute Gasteiger partial charge is 0.317 e. The molecular formula is C17H23Cl2N3O2. The molecule has 1 heterocycles. The number of likely N-dealkylation sites (tertiary alicyclic amines) is 1. The van der Waals surface area contributed by atoms with Gasteiger partial charge in [0, 0.05) is 36.6 Å². The molecule has 0 aromatic heterocycles. The Kier molecular flexibility index (Phi) is 6.75. The van der Waals surface area contributed by atoms with Crippen molar-refractivity contribution in [2.24, 2.45) is 5.92 Å². The number of carbonyl (C=O) groups excluding carboxylic acids is 2. The third kappa shape index (κ3) is 5.28. The molecular weight excluding hydrogens is 349 g/mol. The Labute approximate surface area is 152 Å². The number of rotatable bonds is 4. The molecule has 2 rings (SSSR count). The zero-order valence-electron chi connectivity index (χ0n) is 13.9. The van der Waals surface area contributed by atoms with Crippen LogP contribution in [0.15, 0.2) is 18.2 Å². The maximum Gasteiger partial charge on any atom is 0.317 e. The predicted octanol–water partition coefficient (Wildman–Crippen LogP) is 3.61. The molecule has 1 saturated heterocycles. The molecule has 0 saturated carbocycles. The van der Waals surface area contributed by atoms with Gasteiger partial charge in [-0.3, -0.25) is 4.79 Å². The average Bonchev–Trinajstić information content (AvgIpc) is 2.55. The van der Waals surface area contributed by atoms with Crippen LogP contribution in [0.3, 0.4) is 0 Å². The first-order valence-corrected chi connectivity index (χ1v) is 8.87. The van der Waals surface area contributed by atoms with Crippen molar-refractivity contribution in [3.63, 3.8) is 0 Å². The highest BCUT2D eigenvalue weighted by atomic mass is 35.5. The summed E-state index contributed by atoms with van der Waals surface area (Å²) in [7, 11) is 0. The monoisotopic (exact) mass is 371 g/mol. The molecule has 1 aliphatic rings. The molecule has 0 bridgehead atoms. The summed E-state index contributed by atoms with van der Waals surface area (Å²) in [6, 6.07) is 4.86. The van der Waals surface area contributed by atoms with Crippen LogP contribution < -0.4 is 10.6 Å². The number of hydrogen-bond acceptors (Lipinski definition) is 2. The third-order valence-electron chi connectivity index (χ3n) is 4.21. The SMILES string of the molecule is CC(=O)NCC1CCCN(C(=O)N[C@@H](C)c2cc(Cl)ccc2Cl)C1. The Morgan fingerprint density at radius 2 is 2.12 bits per heavy atom. The van der Waals surface area contributed by atoms with Gasteiger partial charge in [0.1, 0.15) is 0 Å². The lowest BCUT2D eigenvalue weighted by Gasteiger charge is -2.33. The molecule has 3 amide bonds. The van der Waals surface area contributed by atoms with E-state index in [2.05, 4.69) is 10.6 Å². The van der Waals surface area contributed by atoms with Crippen molar-refractivity contribution < 1.29 is 9.59 Å². The Balaban J connectivity index is 1.93. The van der Waals surface area contributed by atoms with Crippen LogP contribution >= 0.6 is 23.2 Å². The van der Waals surface area contributed by atoms with E-state index in [-0.39, 0.29) is 18.0 Å². The van der Waals surface area contributed by atoms with Gasteiger partial charge in [0.05, 0.1) is 6.04 Å². The van der Waals surface area contributed by atoms with Gasteiger partial charge in [-0.2, -0.15) is 0 Å². The minimum Gasteiger partial charge on any atom is -0.356 e. The molecule has 0 aliphatic carbocycles. The van der Waals surface area contributed by atoms with Crippen molar-refractivity contribution in [1.29, 1.82) is 0 Å². The average molecular weight is 372 g/mol. The lowest BCUT2D eigenvalue weighted by atomic mass is 9.98. The van der Waals surface area contributed by atoms with E-state index in [1.807, 2.05) is 6.92 Å². The topological polar surface area (TPSA) is 61.4 Å². The van der Waals surface area contributed by atoms with E-state index in [0.717, 1.165) is 24.9 Å². The normalized spacial score (nSPS) is 18.8. The van der Waals surface area contributed by atoms with Crippen LogP contribution in [0.25, 0.3) is 0 Å². The molecule has 1 unspecified atom stereocenters. The first-order valence-electron chi connectivity index (χ1n) is 8.11. The van der Waals surface area contributed by atoms with Crippen molar-refractivity contribution >= 4 is 35.1 Å². The summed E-state index contributed by atoms with van der Waals surface area (Å²) in [5, 5.41) is 6.97. The number of piperidine rings is 1. The second kappa shape index (κ2) is 8.58. The van der Waals surface area contributed by atoms with Crippen molar-refractivity contribution in [1.82, 2.24) is 15.5 Å². The maximum atomic E-state index is 12.5. The van der Waals surface area contributed by atoms with E-state index in [1.54, 1.807) is 23.1 Å². The molecule has 1 aromatic carbocycles. The fourth-order valence-corrected chi connectivity index (χ4v) is 3.37. The number of halogens is 2. The largest absolute Gasteiger partial charge is 0.356 e. The van der Waals surface area contributed by atoms with Gasteiger partial charge in [-0.15, -0.1) is 0 Å².